The van der Waals surface area contributed by atoms with E-state index in [4.69, 9.17) is 21.4 Å². The molecular formula is C27H34ClLiN2O4. The molecule has 35 heavy (non-hydrogen) atoms. The Morgan fingerprint density at radius 1 is 1.11 bits per heavy atom. The van der Waals surface area contributed by atoms with Crippen LogP contribution in [0, 0.1) is 0 Å². The number of nitrogens with zero attached hydrogens (tertiary/aromatic N) is 2. The third kappa shape index (κ3) is 8.65. The number of carbonyl (C=O) groups excluding carboxylic acids is 1. The Morgan fingerprint density at radius 3 is 2.49 bits per heavy atom. The number of anilines is 2. The maximum Gasteiger partial charge on any atom is 1.00 e. The second-order valence-corrected chi connectivity index (χ2v) is 9.86. The van der Waals surface area contributed by atoms with Crippen molar-refractivity contribution in [3.8, 4) is 0 Å². The van der Waals surface area contributed by atoms with Crippen LogP contribution in [0.5, 0.6) is 0 Å². The van der Waals surface area contributed by atoms with Gasteiger partial charge in [0.1, 0.15) is 5.60 Å². The number of carboxylic acids is 1. The number of hydrogen-bond acceptors (Lipinski definition) is 4. The van der Waals surface area contributed by atoms with Gasteiger partial charge < -0.3 is 21.1 Å². The van der Waals surface area contributed by atoms with Crippen molar-refractivity contribution in [2.75, 3.05) is 24.5 Å². The average molecular weight is 493 g/mol. The molecule has 0 saturated heterocycles. The van der Waals surface area contributed by atoms with Crippen molar-refractivity contribution < 1.29 is 39.7 Å². The summed E-state index contributed by atoms with van der Waals surface area (Å²) in [5.41, 5.74) is 4.28. The Balaban J connectivity index is 0.00000324. The van der Waals surface area contributed by atoms with Crippen molar-refractivity contribution in [3.05, 3.63) is 70.8 Å². The minimum atomic E-state index is -1.04. The fraction of sp³-hybridized carbons (Fsp3) is 0.407. The molecule has 3 rings (SSSR count). The summed E-state index contributed by atoms with van der Waals surface area (Å²) in [6, 6.07) is 14.5. The van der Waals surface area contributed by atoms with Gasteiger partial charge in [-0.25, -0.2) is 9.59 Å². The van der Waals surface area contributed by atoms with Crippen molar-refractivity contribution >= 4 is 35.0 Å². The topological polar surface area (TPSA) is 70.1 Å². The van der Waals surface area contributed by atoms with E-state index < -0.39 is 17.7 Å². The van der Waals surface area contributed by atoms with E-state index in [1.807, 2.05) is 32.9 Å². The maximum atomic E-state index is 12.6. The fourth-order valence-electron chi connectivity index (χ4n) is 4.06. The van der Waals surface area contributed by atoms with Gasteiger partial charge in [0.2, 0.25) is 0 Å². The number of rotatable bonds is 8. The van der Waals surface area contributed by atoms with Crippen LogP contribution >= 0.6 is 11.6 Å². The Labute approximate surface area is 226 Å². The minimum absolute atomic E-state index is 0. The summed E-state index contributed by atoms with van der Waals surface area (Å²) in [6.07, 6.45) is 5.59. The molecule has 0 aliphatic carbocycles. The average Bonchev–Trinajstić information content (AvgIpc) is 2.90. The van der Waals surface area contributed by atoms with E-state index >= 15 is 0 Å². The number of unbranched alkanes of at least 4 members (excludes halogenated alkanes) is 1. The molecule has 0 saturated carbocycles. The molecule has 1 N–H and O–H groups in total. The Hall–Kier alpha value is -2.39. The zero-order valence-corrected chi connectivity index (χ0v) is 21.8. The standard InChI is InChI=1S/C27H33ClN2O4.Li.H/c1-27(2,3)34-26(33)29(17-8-11-25(31)32)16-6-7-18-30-23-10-5-4-9-20(23)12-13-21-14-15-22(28)19-24(21)30;;/h4-5,8-11,14-15,19H,6-7,12-13,16-18H2,1-3H3,(H,31,32);;/q;+1;-1/b11-8+;;. The summed E-state index contributed by atoms with van der Waals surface area (Å²) in [7, 11) is 0. The molecule has 1 heterocycles. The summed E-state index contributed by atoms with van der Waals surface area (Å²) < 4.78 is 5.51. The van der Waals surface area contributed by atoms with Crippen LogP contribution in [0.3, 0.4) is 0 Å². The maximum absolute atomic E-state index is 12.6. The first kappa shape index (κ1) is 28.8. The first-order valence-corrected chi connectivity index (χ1v) is 12.0. The van der Waals surface area contributed by atoms with Gasteiger partial charge in [-0.3, -0.25) is 0 Å². The second-order valence-electron chi connectivity index (χ2n) is 9.43. The number of ether oxygens (including phenoxy) is 1. The van der Waals surface area contributed by atoms with Gasteiger partial charge in [-0.15, -0.1) is 0 Å². The molecule has 8 heteroatoms. The molecule has 0 atom stereocenters. The molecule has 0 unspecified atom stereocenters. The molecule has 1 amide bonds. The summed E-state index contributed by atoms with van der Waals surface area (Å²) in [5, 5.41) is 9.59. The molecule has 0 bridgehead atoms. The molecule has 6 nitrogen and oxygen atoms in total. The van der Waals surface area contributed by atoms with Gasteiger partial charge in [-0.05, 0) is 75.8 Å². The fourth-order valence-corrected chi connectivity index (χ4v) is 4.23. The molecule has 0 fully saturated rings. The monoisotopic (exact) mass is 492 g/mol. The van der Waals surface area contributed by atoms with Crippen molar-refractivity contribution in [1.82, 2.24) is 4.90 Å². The third-order valence-electron chi connectivity index (χ3n) is 5.58. The van der Waals surface area contributed by atoms with Crippen molar-refractivity contribution in [2.45, 2.75) is 52.1 Å². The Kier molecular flexibility index (Phi) is 10.8. The number of carboxylic acid groups (broad SMARTS) is 1. The number of hydrogen-bond donors (Lipinski definition) is 1. The molecule has 0 spiro atoms. The van der Waals surface area contributed by atoms with Crippen LogP contribution in [-0.4, -0.2) is 47.3 Å². The van der Waals surface area contributed by atoms with E-state index in [0.717, 1.165) is 44.0 Å². The van der Waals surface area contributed by atoms with Crippen molar-refractivity contribution in [1.29, 1.82) is 0 Å². The summed E-state index contributed by atoms with van der Waals surface area (Å²) >= 11 is 6.35. The van der Waals surface area contributed by atoms with E-state index in [1.165, 1.54) is 22.9 Å². The largest absolute Gasteiger partial charge is 1.00 e. The van der Waals surface area contributed by atoms with E-state index in [-0.39, 0.29) is 26.8 Å². The van der Waals surface area contributed by atoms with Gasteiger partial charge in [-0.1, -0.05) is 41.9 Å². The predicted octanol–water partition coefficient (Wildman–Crippen LogP) is 3.35. The van der Waals surface area contributed by atoms with Gasteiger partial charge in [0.05, 0.1) is 0 Å². The molecule has 1 aliphatic heterocycles. The van der Waals surface area contributed by atoms with Crippen molar-refractivity contribution in [2.24, 2.45) is 0 Å². The van der Waals surface area contributed by atoms with Gasteiger partial charge in [-0.2, -0.15) is 0 Å². The van der Waals surface area contributed by atoms with Gasteiger partial charge in [0.25, 0.3) is 0 Å². The van der Waals surface area contributed by atoms with E-state index in [2.05, 4.69) is 35.2 Å². The summed E-state index contributed by atoms with van der Waals surface area (Å²) in [5.74, 6) is -1.04. The van der Waals surface area contributed by atoms with Crippen LogP contribution < -0.4 is 23.8 Å². The first-order chi connectivity index (χ1) is 16.1. The van der Waals surface area contributed by atoms with Gasteiger partial charge >= 0.3 is 30.9 Å². The quantitative estimate of drug-likeness (QED) is 0.348. The number of halogens is 1. The molecule has 0 aromatic heterocycles. The number of benzene rings is 2. The number of amides is 1. The molecule has 184 valence electrons. The molecule has 0 radical (unpaired) electrons. The van der Waals surface area contributed by atoms with E-state index in [9.17, 15) is 9.59 Å². The van der Waals surface area contributed by atoms with E-state index in [0.29, 0.717) is 11.6 Å². The predicted molar refractivity (Wildman–Crippen MR) is 137 cm³/mol. The van der Waals surface area contributed by atoms with E-state index in [1.54, 1.807) is 4.90 Å². The van der Waals surface area contributed by atoms with Gasteiger partial charge in [0, 0.05) is 42.1 Å². The molecule has 2 aromatic carbocycles. The summed E-state index contributed by atoms with van der Waals surface area (Å²) in [6.45, 7) is 6.88. The second kappa shape index (κ2) is 13.1. The normalized spacial score (nSPS) is 12.9. The van der Waals surface area contributed by atoms with Crippen LogP contribution in [0.4, 0.5) is 16.2 Å². The number of aryl methyl sites for hydroxylation is 2. The smallest absolute Gasteiger partial charge is 1.00 e. The van der Waals surface area contributed by atoms with Crippen molar-refractivity contribution in [3.63, 3.8) is 0 Å². The number of para-hydroxylation sites is 1. The Morgan fingerprint density at radius 2 is 1.80 bits per heavy atom. The molecular weight excluding hydrogens is 459 g/mol. The first-order valence-electron chi connectivity index (χ1n) is 11.7. The molecule has 2 aromatic rings. The third-order valence-corrected chi connectivity index (χ3v) is 5.82. The Bertz CT molecular complexity index is 1060. The molecule has 1 aliphatic rings. The van der Waals surface area contributed by atoms with Crippen LogP contribution in [0.25, 0.3) is 0 Å². The number of carbonyl (C=O) groups is 2. The van der Waals surface area contributed by atoms with Gasteiger partial charge in [0.15, 0.2) is 0 Å². The van der Waals surface area contributed by atoms with Crippen LogP contribution in [0.15, 0.2) is 54.6 Å². The zero-order chi connectivity index (χ0) is 24.7. The number of aliphatic carboxylic acids is 1. The SMILES string of the molecule is CC(C)(C)OC(=O)N(C/C=C/C(=O)O)CCCCN1c2ccccc2CCc2ccc(Cl)cc21.[H-].[Li+]. The summed E-state index contributed by atoms with van der Waals surface area (Å²) in [4.78, 5) is 27.3. The zero-order valence-electron chi connectivity index (χ0n) is 22.1. The number of fused-ring (bicyclic) bond motifs is 2. The van der Waals surface area contributed by atoms with Crippen LogP contribution in [0.2, 0.25) is 5.02 Å². The van der Waals surface area contributed by atoms with Crippen LogP contribution in [-0.2, 0) is 22.4 Å². The minimum Gasteiger partial charge on any atom is -1.00 e. The van der Waals surface area contributed by atoms with Crippen LogP contribution in [0.1, 0.15) is 46.2 Å².